The standard InChI is InChI=1S/C13H10ClNO5/c1-19-11(16)6-15-12(17)9-5-7-4-8(14)2-3-10(7)20-13(9)18/h2-5H,6H2,1H3,(H,15,17). The summed E-state index contributed by atoms with van der Waals surface area (Å²) < 4.78 is 9.39. The number of fused-ring (bicyclic) bond motifs is 1. The van der Waals surface area contributed by atoms with Crippen LogP contribution >= 0.6 is 11.6 Å². The molecule has 0 aliphatic heterocycles. The fourth-order valence-corrected chi connectivity index (χ4v) is 1.75. The van der Waals surface area contributed by atoms with Crippen molar-refractivity contribution in [3.8, 4) is 0 Å². The van der Waals surface area contributed by atoms with Crippen molar-refractivity contribution in [2.24, 2.45) is 0 Å². The molecule has 0 fully saturated rings. The normalized spacial score (nSPS) is 10.3. The van der Waals surface area contributed by atoms with Crippen LogP contribution in [0.4, 0.5) is 0 Å². The molecule has 1 heterocycles. The number of rotatable bonds is 3. The van der Waals surface area contributed by atoms with Gasteiger partial charge in [0.05, 0.1) is 7.11 Å². The summed E-state index contributed by atoms with van der Waals surface area (Å²) in [5.74, 6) is -1.34. The van der Waals surface area contributed by atoms with E-state index in [-0.39, 0.29) is 12.1 Å². The quantitative estimate of drug-likeness (QED) is 0.682. The zero-order chi connectivity index (χ0) is 14.7. The Bertz CT molecular complexity index is 737. The third kappa shape index (κ3) is 2.97. The minimum Gasteiger partial charge on any atom is -0.468 e. The van der Waals surface area contributed by atoms with Crippen LogP contribution in [-0.2, 0) is 9.53 Å². The molecule has 0 radical (unpaired) electrons. The molecule has 0 spiro atoms. The number of ether oxygens (including phenoxy) is 1. The fourth-order valence-electron chi connectivity index (χ4n) is 1.57. The Labute approximate surface area is 118 Å². The molecular weight excluding hydrogens is 286 g/mol. The lowest BCUT2D eigenvalue weighted by Gasteiger charge is -2.04. The predicted octanol–water partition coefficient (Wildman–Crippen LogP) is 1.35. The van der Waals surface area contributed by atoms with E-state index in [9.17, 15) is 14.4 Å². The van der Waals surface area contributed by atoms with E-state index < -0.39 is 17.5 Å². The highest BCUT2D eigenvalue weighted by Gasteiger charge is 2.14. The van der Waals surface area contributed by atoms with Crippen LogP contribution < -0.4 is 10.9 Å². The molecular formula is C13H10ClNO5. The van der Waals surface area contributed by atoms with Crippen molar-refractivity contribution in [3.05, 3.63) is 45.3 Å². The zero-order valence-electron chi connectivity index (χ0n) is 10.4. The summed E-state index contributed by atoms with van der Waals surface area (Å²) in [5, 5.41) is 3.23. The van der Waals surface area contributed by atoms with E-state index in [1.807, 2.05) is 0 Å². The summed E-state index contributed by atoms with van der Waals surface area (Å²) in [6, 6.07) is 6.04. The number of benzene rings is 1. The number of nitrogens with one attached hydrogen (secondary N) is 1. The van der Waals surface area contributed by atoms with Gasteiger partial charge in [0, 0.05) is 10.4 Å². The molecule has 1 aromatic heterocycles. The third-order valence-electron chi connectivity index (χ3n) is 2.56. The van der Waals surface area contributed by atoms with Crippen molar-refractivity contribution in [2.45, 2.75) is 0 Å². The maximum absolute atomic E-state index is 11.8. The number of esters is 1. The number of hydrogen-bond acceptors (Lipinski definition) is 5. The summed E-state index contributed by atoms with van der Waals surface area (Å²) in [6.07, 6.45) is 0. The van der Waals surface area contributed by atoms with E-state index in [0.717, 1.165) is 0 Å². The maximum Gasteiger partial charge on any atom is 0.349 e. The van der Waals surface area contributed by atoms with Gasteiger partial charge >= 0.3 is 11.6 Å². The minimum absolute atomic E-state index is 0.205. The Morgan fingerprint density at radius 3 is 2.80 bits per heavy atom. The first-order chi connectivity index (χ1) is 9.51. The molecule has 1 N–H and O–H groups in total. The van der Waals surface area contributed by atoms with Gasteiger partial charge in [0.15, 0.2) is 0 Å². The Kier molecular flexibility index (Phi) is 4.05. The minimum atomic E-state index is -0.790. The molecule has 0 saturated carbocycles. The molecule has 0 unspecified atom stereocenters. The van der Waals surface area contributed by atoms with Crippen LogP contribution in [0, 0.1) is 0 Å². The molecule has 0 bridgehead atoms. The molecule has 0 aliphatic rings. The summed E-state index contributed by atoms with van der Waals surface area (Å²) >= 11 is 5.83. The first-order valence-electron chi connectivity index (χ1n) is 5.59. The second-order valence-corrected chi connectivity index (χ2v) is 4.32. The highest BCUT2D eigenvalue weighted by molar-refractivity contribution is 6.31. The van der Waals surface area contributed by atoms with E-state index in [1.165, 1.54) is 19.2 Å². The van der Waals surface area contributed by atoms with Gasteiger partial charge in [-0.05, 0) is 24.3 Å². The SMILES string of the molecule is COC(=O)CNC(=O)c1cc2cc(Cl)ccc2oc1=O. The predicted molar refractivity (Wildman–Crippen MR) is 71.8 cm³/mol. The van der Waals surface area contributed by atoms with Gasteiger partial charge < -0.3 is 14.5 Å². The van der Waals surface area contributed by atoms with E-state index in [4.69, 9.17) is 16.0 Å². The Morgan fingerprint density at radius 1 is 1.35 bits per heavy atom. The summed E-state index contributed by atoms with van der Waals surface area (Å²) in [7, 11) is 1.20. The second-order valence-electron chi connectivity index (χ2n) is 3.89. The first-order valence-corrected chi connectivity index (χ1v) is 5.97. The first kappa shape index (κ1) is 14.1. The van der Waals surface area contributed by atoms with Crippen LogP contribution in [-0.4, -0.2) is 25.5 Å². The molecule has 1 aromatic carbocycles. The van der Waals surface area contributed by atoms with Crippen molar-refractivity contribution in [3.63, 3.8) is 0 Å². The molecule has 20 heavy (non-hydrogen) atoms. The zero-order valence-corrected chi connectivity index (χ0v) is 11.2. The van der Waals surface area contributed by atoms with Crippen LogP contribution in [0.25, 0.3) is 11.0 Å². The van der Waals surface area contributed by atoms with Gasteiger partial charge in [-0.1, -0.05) is 11.6 Å². The van der Waals surface area contributed by atoms with Crippen molar-refractivity contribution < 1.29 is 18.7 Å². The third-order valence-corrected chi connectivity index (χ3v) is 2.79. The largest absolute Gasteiger partial charge is 0.468 e. The van der Waals surface area contributed by atoms with Crippen LogP contribution in [0.2, 0.25) is 5.02 Å². The van der Waals surface area contributed by atoms with Gasteiger partial charge in [-0.2, -0.15) is 0 Å². The highest BCUT2D eigenvalue weighted by Crippen LogP contribution is 2.18. The molecule has 7 heteroatoms. The van der Waals surface area contributed by atoms with Crippen molar-refractivity contribution in [1.29, 1.82) is 0 Å². The molecule has 0 aliphatic carbocycles. The average molecular weight is 296 g/mol. The van der Waals surface area contributed by atoms with Gasteiger partial charge in [-0.25, -0.2) is 4.79 Å². The van der Waals surface area contributed by atoms with Crippen LogP contribution in [0.3, 0.4) is 0 Å². The van der Waals surface area contributed by atoms with Gasteiger partial charge in [-0.3, -0.25) is 9.59 Å². The van der Waals surface area contributed by atoms with Crippen molar-refractivity contribution in [2.75, 3.05) is 13.7 Å². The average Bonchev–Trinajstić information content (AvgIpc) is 2.44. The summed E-state index contributed by atoms with van der Waals surface area (Å²) in [4.78, 5) is 34.4. The molecule has 0 atom stereocenters. The van der Waals surface area contributed by atoms with Crippen molar-refractivity contribution >= 4 is 34.4 Å². The number of carbonyl (C=O) groups is 2. The monoisotopic (exact) mass is 295 g/mol. The van der Waals surface area contributed by atoms with Crippen LogP contribution in [0.15, 0.2) is 33.5 Å². The molecule has 2 rings (SSSR count). The molecule has 104 valence electrons. The lowest BCUT2D eigenvalue weighted by molar-refractivity contribution is -0.139. The number of methoxy groups -OCH3 is 1. The lowest BCUT2D eigenvalue weighted by Crippen LogP contribution is -2.33. The topological polar surface area (TPSA) is 85.6 Å². The van der Waals surface area contributed by atoms with Crippen molar-refractivity contribution in [1.82, 2.24) is 5.32 Å². The fraction of sp³-hybridized carbons (Fsp3) is 0.154. The summed E-state index contributed by atoms with van der Waals surface area (Å²) in [6.45, 7) is -0.331. The van der Waals surface area contributed by atoms with Gasteiger partial charge in [0.25, 0.3) is 5.91 Å². The molecule has 1 amide bonds. The highest BCUT2D eigenvalue weighted by atomic mass is 35.5. The number of hydrogen-bond donors (Lipinski definition) is 1. The Morgan fingerprint density at radius 2 is 2.10 bits per heavy atom. The van der Waals surface area contributed by atoms with Gasteiger partial charge in [0.1, 0.15) is 17.7 Å². The second kappa shape index (κ2) is 5.75. The number of halogens is 1. The molecule has 0 saturated heterocycles. The van der Waals surface area contributed by atoms with Gasteiger partial charge in [0.2, 0.25) is 0 Å². The van der Waals surface area contributed by atoms with E-state index in [0.29, 0.717) is 16.0 Å². The van der Waals surface area contributed by atoms with Crippen LogP contribution in [0.5, 0.6) is 0 Å². The Hall–Kier alpha value is -2.34. The van der Waals surface area contributed by atoms with E-state index >= 15 is 0 Å². The number of amides is 1. The van der Waals surface area contributed by atoms with E-state index in [2.05, 4.69) is 10.1 Å². The smallest absolute Gasteiger partial charge is 0.349 e. The van der Waals surface area contributed by atoms with E-state index in [1.54, 1.807) is 12.1 Å². The Balaban J connectivity index is 2.34. The van der Waals surface area contributed by atoms with Crippen LogP contribution in [0.1, 0.15) is 10.4 Å². The lowest BCUT2D eigenvalue weighted by atomic mass is 10.2. The summed E-state index contributed by atoms with van der Waals surface area (Å²) in [5.41, 5.74) is -0.672. The maximum atomic E-state index is 11.8. The molecule has 6 nitrogen and oxygen atoms in total. The number of carbonyl (C=O) groups excluding carboxylic acids is 2. The van der Waals surface area contributed by atoms with Gasteiger partial charge in [-0.15, -0.1) is 0 Å². The molecule has 2 aromatic rings.